The lowest BCUT2D eigenvalue weighted by atomic mass is 9.99. The van der Waals surface area contributed by atoms with E-state index in [-0.39, 0.29) is 18.6 Å². The van der Waals surface area contributed by atoms with Crippen LogP contribution >= 0.6 is 0 Å². The predicted octanol–water partition coefficient (Wildman–Crippen LogP) is 1.25. The summed E-state index contributed by atoms with van der Waals surface area (Å²) in [7, 11) is 1.83. The Balaban J connectivity index is 1.74. The van der Waals surface area contributed by atoms with Crippen LogP contribution in [0.5, 0.6) is 0 Å². The predicted molar refractivity (Wildman–Crippen MR) is 78.8 cm³/mol. The van der Waals surface area contributed by atoms with Gasteiger partial charge in [-0.1, -0.05) is 11.6 Å². The van der Waals surface area contributed by atoms with Gasteiger partial charge in [-0.05, 0) is 43.4 Å². The summed E-state index contributed by atoms with van der Waals surface area (Å²) in [5.74, 6) is 0.316. The molecule has 112 valence electrons. The number of nitrogens with one attached hydrogen (secondary N) is 1. The molecular formula is C15H20N4O2. The zero-order valence-electron chi connectivity index (χ0n) is 12.1. The molecule has 1 aromatic carbocycles. The number of aryl methyl sites for hydroxylation is 1. The number of nitrogens with zero attached hydrogens (tertiary/aromatic N) is 3. The first kappa shape index (κ1) is 14.0. The largest absolute Gasteiger partial charge is 0.396 e. The maximum absolute atomic E-state index is 12.4. The van der Waals surface area contributed by atoms with E-state index in [1.165, 1.54) is 0 Å². The van der Waals surface area contributed by atoms with Gasteiger partial charge in [0, 0.05) is 25.3 Å². The molecule has 1 heterocycles. The fourth-order valence-corrected chi connectivity index (χ4v) is 3.17. The van der Waals surface area contributed by atoms with E-state index in [1.54, 1.807) is 16.8 Å². The molecule has 0 aliphatic heterocycles. The van der Waals surface area contributed by atoms with E-state index >= 15 is 0 Å². The van der Waals surface area contributed by atoms with Crippen molar-refractivity contribution in [3.63, 3.8) is 0 Å². The normalized spacial score (nSPS) is 21.8. The Morgan fingerprint density at radius 2 is 2.33 bits per heavy atom. The van der Waals surface area contributed by atoms with Crippen molar-refractivity contribution in [2.45, 2.75) is 31.7 Å². The number of carbonyl (C=O) groups excluding carboxylic acids is 1. The van der Waals surface area contributed by atoms with Gasteiger partial charge in [-0.15, -0.1) is 5.10 Å². The number of aromatic nitrogens is 3. The van der Waals surface area contributed by atoms with E-state index in [1.807, 2.05) is 13.1 Å². The SMILES string of the molecule is Cn1nnc2cc(C(=O)N[C@@H]3CCC[C@@H]3CCO)ccc21. The summed E-state index contributed by atoms with van der Waals surface area (Å²) >= 11 is 0. The Labute approximate surface area is 123 Å². The number of fused-ring (bicyclic) bond motifs is 1. The van der Waals surface area contributed by atoms with E-state index in [0.717, 1.165) is 36.7 Å². The van der Waals surface area contributed by atoms with Crippen molar-refractivity contribution in [3.8, 4) is 0 Å². The van der Waals surface area contributed by atoms with Crippen LogP contribution in [0.4, 0.5) is 0 Å². The highest BCUT2D eigenvalue weighted by Crippen LogP contribution is 2.28. The number of aliphatic hydroxyl groups is 1. The summed E-state index contributed by atoms with van der Waals surface area (Å²) in [5.41, 5.74) is 2.24. The lowest BCUT2D eigenvalue weighted by molar-refractivity contribution is 0.0923. The molecule has 0 unspecified atom stereocenters. The summed E-state index contributed by atoms with van der Waals surface area (Å²) in [4.78, 5) is 12.4. The minimum Gasteiger partial charge on any atom is -0.396 e. The van der Waals surface area contributed by atoms with Crippen molar-refractivity contribution in [2.24, 2.45) is 13.0 Å². The topological polar surface area (TPSA) is 80.0 Å². The number of hydrogen-bond acceptors (Lipinski definition) is 4. The molecule has 0 spiro atoms. The molecule has 1 aliphatic rings. The number of hydrogen-bond donors (Lipinski definition) is 2. The maximum Gasteiger partial charge on any atom is 0.251 e. The first-order valence-electron chi connectivity index (χ1n) is 7.40. The Bertz CT molecular complexity index is 652. The molecule has 6 heteroatoms. The quantitative estimate of drug-likeness (QED) is 0.887. The third kappa shape index (κ3) is 2.76. The van der Waals surface area contributed by atoms with Crippen LogP contribution in [0, 0.1) is 5.92 Å². The third-order valence-corrected chi connectivity index (χ3v) is 4.35. The van der Waals surface area contributed by atoms with Gasteiger partial charge in [0.15, 0.2) is 0 Å². The molecule has 21 heavy (non-hydrogen) atoms. The monoisotopic (exact) mass is 288 g/mol. The first-order chi connectivity index (χ1) is 10.2. The second kappa shape index (κ2) is 5.81. The number of amides is 1. The minimum absolute atomic E-state index is 0.0719. The zero-order valence-corrected chi connectivity index (χ0v) is 12.1. The van der Waals surface area contributed by atoms with Crippen LogP contribution in [0.15, 0.2) is 18.2 Å². The van der Waals surface area contributed by atoms with Crippen LogP contribution in [0.2, 0.25) is 0 Å². The van der Waals surface area contributed by atoms with Crippen LogP contribution in [0.25, 0.3) is 11.0 Å². The van der Waals surface area contributed by atoms with Gasteiger partial charge in [-0.2, -0.15) is 0 Å². The molecular weight excluding hydrogens is 268 g/mol. The third-order valence-electron chi connectivity index (χ3n) is 4.35. The van der Waals surface area contributed by atoms with Gasteiger partial charge >= 0.3 is 0 Å². The van der Waals surface area contributed by atoms with Gasteiger partial charge < -0.3 is 10.4 Å². The second-order valence-corrected chi connectivity index (χ2v) is 5.70. The summed E-state index contributed by atoms with van der Waals surface area (Å²) in [6.07, 6.45) is 3.94. The fourth-order valence-electron chi connectivity index (χ4n) is 3.17. The summed E-state index contributed by atoms with van der Waals surface area (Å²) < 4.78 is 1.69. The highest BCUT2D eigenvalue weighted by atomic mass is 16.3. The molecule has 2 aromatic rings. The van der Waals surface area contributed by atoms with Gasteiger partial charge in [0.05, 0.1) is 5.52 Å². The van der Waals surface area contributed by atoms with E-state index in [0.29, 0.717) is 11.5 Å². The highest BCUT2D eigenvalue weighted by Gasteiger charge is 2.28. The van der Waals surface area contributed by atoms with Gasteiger partial charge in [-0.25, -0.2) is 4.68 Å². The summed E-state index contributed by atoms with van der Waals surface area (Å²) in [5, 5.41) is 20.2. The standard InChI is InChI=1S/C15H20N4O2/c1-19-14-6-5-11(9-13(14)17-18-19)15(21)16-12-4-2-3-10(12)7-8-20/h5-6,9-10,12,20H,2-4,7-8H2,1H3,(H,16,21)/t10-,12-/m1/s1. The van der Waals surface area contributed by atoms with Gasteiger partial charge in [0.1, 0.15) is 5.52 Å². The van der Waals surface area contributed by atoms with Crippen molar-refractivity contribution >= 4 is 16.9 Å². The molecule has 1 saturated carbocycles. The van der Waals surface area contributed by atoms with Crippen molar-refractivity contribution < 1.29 is 9.90 Å². The first-order valence-corrected chi connectivity index (χ1v) is 7.40. The van der Waals surface area contributed by atoms with Crippen LogP contribution in [0.3, 0.4) is 0 Å². The van der Waals surface area contributed by atoms with Crippen LogP contribution in [-0.4, -0.2) is 38.7 Å². The molecule has 2 N–H and O–H groups in total. The van der Waals surface area contributed by atoms with Gasteiger partial charge in [-0.3, -0.25) is 4.79 Å². The molecule has 0 radical (unpaired) electrons. The Morgan fingerprint density at radius 1 is 1.48 bits per heavy atom. The lowest BCUT2D eigenvalue weighted by Gasteiger charge is -2.20. The lowest BCUT2D eigenvalue weighted by Crippen LogP contribution is -2.37. The molecule has 1 aliphatic carbocycles. The van der Waals surface area contributed by atoms with E-state index < -0.39 is 0 Å². The highest BCUT2D eigenvalue weighted by molar-refractivity contribution is 5.97. The van der Waals surface area contributed by atoms with Crippen molar-refractivity contribution in [3.05, 3.63) is 23.8 Å². The number of aliphatic hydroxyl groups excluding tert-OH is 1. The minimum atomic E-state index is -0.0719. The van der Waals surface area contributed by atoms with E-state index in [9.17, 15) is 4.79 Å². The van der Waals surface area contributed by atoms with E-state index in [4.69, 9.17) is 5.11 Å². The van der Waals surface area contributed by atoms with E-state index in [2.05, 4.69) is 15.6 Å². The van der Waals surface area contributed by atoms with Crippen LogP contribution < -0.4 is 5.32 Å². The van der Waals surface area contributed by atoms with Gasteiger partial charge in [0.2, 0.25) is 0 Å². The molecule has 2 atom stereocenters. The van der Waals surface area contributed by atoms with Crippen molar-refractivity contribution in [1.29, 1.82) is 0 Å². The second-order valence-electron chi connectivity index (χ2n) is 5.70. The van der Waals surface area contributed by atoms with Gasteiger partial charge in [0.25, 0.3) is 5.91 Å². The molecule has 3 rings (SSSR count). The Kier molecular flexibility index (Phi) is 3.88. The fraction of sp³-hybridized carbons (Fsp3) is 0.533. The number of rotatable bonds is 4. The number of carbonyl (C=O) groups is 1. The van der Waals surface area contributed by atoms with Crippen LogP contribution in [0.1, 0.15) is 36.0 Å². The van der Waals surface area contributed by atoms with Crippen LogP contribution in [-0.2, 0) is 7.05 Å². The smallest absolute Gasteiger partial charge is 0.251 e. The average Bonchev–Trinajstić information content (AvgIpc) is 3.07. The van der Waals surface area contributed by atoms with Crippen molar-refractivity contribution in [2.75, 3.05) is 6.61 Å². The molecule has 1 amide bonds. The molecule has 6 nitrogen and oxygen atoms in total. The Morgan fingerprint density at radius 3 is 3.14 bits per heavy atom. The molecule has 0 bridgehead atoms. The molecule has 1 fully saturated rings. The number of benzene rings is 1. The Hall–Kier alpha value is -1.95. The maximum atomic E-state index is 12.4. The molecule has 1 aromatic heterocycles. The average molecular weight is 288 g/mol. The summed E-state index contributed by atoms with van der Waals surface area (Å²) in [6.45, 7) is 0.183. The molecule has 0 saturated heterocycles. The zero-order chi connectivity index (χ0) is 14.8. The summed E-state index contributed by atoms with van der Waals surface area (Å²) in [6, 6.07) is 5.61. The van der Waals surface area contributed by atoms with Crippen molar-refractivity contribution in [1.82, 2.24) is 20.3 Å².